The van der Waals surface area contributed by atoms with Crippen molar-refractivity contribution >= 4 is 11.9 Å². The fraction of sp³-hybridized carbons (Fsp3) is 0.438. The van der Waals surface area contributed by atoms with Crippen LogP contribution in [-0.4, -0.2) is 21.1 Å². The van der Waals surface area contributed by atoms with Crippen molar-refractivity contribution in [3.8, 4) is 11.4 Å². The van der Waals surface area contributed by atoms with Gasteiger partial charge in [-0.15, -0.1) is 5.10 Å². The van der Waals surface area contributed by atoms with Crippen molar-refractivity contribution in [2.24, 2.45) is 5.92 Å². The third kappa shape index (κ3) is 3.68. The predicted molar refractivity (Wildman–Crippen MR) is 81.6 cm³/mol. The number of anilines is 1. The van der Waals surface area contributed by atoms with E-state index in [-0.39, 0.29) is 5.91 Å². The number of amides is 1. The molecule has 0 unspecified atom stereocenters. The molecule has 5 heteroatoms. The van der Waals surface area contributed by atoms with Gasteiger partial charge in [-0.25, -0.2) is 0 Å². The lowest BCUT2D eigenvalue weighted by atomic mass is 10.0. The molecule has 0 bridgehead atoms. The summed E-state index contributed by atoms with van der Waals surface area (Å²) < 4.78 is 0. The molecule has 0 saturated heterocycles. The Bertz CT molecular complexity index is 587. The summed E-state index contributed by atoms with van der Waals surface area (Å²) in [4.78, 5) is 16.2. The van der Waals surface area contributed by atoms with Gasteiger partial charge in [0, 0.05) is 12.0 Å². The summed E-state index contributed by atoms with van der Waals surface area (Å²) in [6.07, 6.45) is 6.70. The molecule has 0 atom stereocenters. The summed E-state index contributed by atoms with van der Waals surface area (Å²) in [7, 11) is 0. The molecule has 1 saturated carbocycles. The van der Waals surface area contributed by atoms with Crippen LogP contribution in [-0.2, 0) is 4.79 Å². The van der Waals surface area contributed by atoms with Crippen molar-refractivity contribution < 1.29 is 4.79 Å². The van der Waals surface area contributed by atoms with Crippen LogP contribution in [0.3, 0.4) is 0 Å². The van der Waals surface area contributed by atoms with Gasteiger partial charge in [0.1, 0.15) is 0 Å². The lowest BCUT2D eigenvalue weighted by Gasteiger charge is -2.07. The second-order valence-electron chi connectivity index (χ2n) is 5.61. The highest BCUT2D eigenvalue weighted by Crippen LogP contribution is 2.28. The van der Waals surface area contributed by atoms with Crippen molar-refractivity contribution in [2.75, 3.05) is 5.32 Å². The molecule has 1 aromatic carbocycles. The van der Waals surface area contributed by atoms with Crippen molar-refractivity contribution in [2.45, 2.75) is 38.5 Å². The summed E-state index contributed by atoms with van der Waals surface area (Å²) in [6, 6.07) is 9.74. The Hall–Kier alpha value is -2.17. The number of hydrogen-bond donors (Lipinski definition) is 2. The molecule has 5 nitrogen and oxygen atoms in total. The number of aromatic amines is 1. The van der Waals surface area contributed by atoms with Crippen LogP contribution >= 0.6 is 0 Å². The molecular formula is C16H20N4O. The molecule has 110 valence electrons. The first-order valence-corrected chi connectivity index (χ1v) is 7.59. The maximum absolute atomic E-state index is 11.9. The van der Waals surface area contributed by atoms with Crippen LogP contribution in [0.2, 0.25) is 0 Å². The third-order valence-corrected chi connectivity index (χ3v) is 4.04. The van der Waals surface area contributed by atoms with Crippen molar-refractivity contribution in [3.05, 3.63) is 30.3 Å². The van der Waals surface area contributed by atoms with E-state index in [1.807, 2.05) is 30.3 Å². The average Bonchev–Trinajstić information content (AvgIpc) is 3.17. The van der Waals surface area contributed by atoms with Gasteiger partial charge >= 0.3 is 0 Å². The maximum Gasteiger partial charge on any atom is 0.249 e. The highest BCUT2D eigenvalue weighted by Gasteiger charge is 2.16. The molecule has 1 amide bonds. The topological polar surface area (TPSA) is 70.7 Å². The molecule has 3 rings (SSSR count). The van der Waals surface area contributed by atoms with Crippen molar-refractivity contribution in [1.82, 2.24) is 15.2 Å². The minimum absolute atomic E-state index is 0.000474. The molecule has 1 aliphatic rings. The summed E-state index contributed by atoms with van der Waals surface area (Å²) in [5.41, 5.74) is 0.955. The van der Waals surface area contributed by atoms with Gasteiger partial charge in [0.05, 0.1) is 0 Å². The lowest BCUT2D eigenvalue weighted by molar-refractivity contribution is -0.116. The smallest absolute Gasteiger partial charge is 0.249 e. The number of carbonyl (C=O) groups is 1. The summed E-state index contributed by atoms with van der Waals surface area (Å²) in [6.45, 7) is 0. The van der Waals surface area contributed by atoms with Gasteiger partial charge in [-0.1, -0.05) is 56.0 Å². The minimum atomic E-state index is 0.000474. The SMILES string of the molecule is O=C(CCC1CCCC1)Nc1n[nH]c(-c2ccccc2)n1. The van der Waals surface area contributed by atoms with Gasteiger partial charge in [-0.3, -0.25) is 15.2 Å². The minimum Gasteiger partial charge on any atom is -0.293 e. The van der Waals surface area contributed by atoms with Gasteiger partial charge < -0.3 is 0 Å². The summed E-state index contributed by atoms with van der Waals surface area (Å²) in [5.74, 6) is 1.75. The van der Waals surface area contributed by atoms with Crippen molar-refractivity contribution in [3.63, 3.8) is 0 Å². The van der Waals surface area contributed by atoms with Crippen LogP contribution in [0, 0.1) is 5.92 Å². The zero-order valence-corrected chi connectivity index (χ0v) is 12.0. The third-order valence-electron chi connectivity index (χ3n) is 4.04. The molecule has 2 aromatic rings. The van der Waals surface area contributed by atoms with E-state index in [0.717, 1.165) is 17.9 Å². The Balaban J connectivity index is 1.53. The highest BCUT2D eigenvalue weighted by atomic mass is 16.1. The predicted octanol–water partition coefficient (Wildman–Crippen LogP) is 3.38. The lowest BCUT2D eigenvalue weighted by Crippen LogP contribution is -2.13. The van der Waals surface area contributed by atoms with E-state index in [1.165, 1.54) is 25.7 Å². The van der Waals surface area contributed by atoms with Crippen LogP contribution in [0.4, 0.5) is 5.95 Å². The Kier molecular flexibility index (Phi) is 4.28. The maximum atomic E-state index is 11.9. The Morgan fingerprint density at radius 2 is 2.00 bits per heavy atom. The zero-order chi connectivity index (χ0) is 14.5. The van der Waals surface area contributed by atoms with Gasteiger partial charge in [-0.05, 0) is 12.3 Å². The fourth-order valence-electron chi connectivity index (χ4n) is 2.86. The largest absolute Gasteiger partial charge is 0.293 e. The number of hydrogen-bond acceptors (Lipinski definition) is 3. The number of aromatic nitrogens is 3. The first kappa shape index (κ1) is 13.8. The van der Waals surface area contributed by atoms with E-state index in [1.54, 1.807) is 0 Å². The van der Waals surface area contributed by atoms with Gasteiger partial charge in [0.2, 0.25) is 11.9 Å². The average molecular weight is 284 g/mol. The van der Waals surface area contributed by atoms with Crippen LogP contribution < -0.4 is 5.32 Å². The fourth-order valence-corrected chi connectivity index (χ4v) is 2.86. The van der Waals surface area contributed by atoms with Crippen LogP contribution in [0.15, 0.2) is 30.3 Å². The van der Waals surface area contributed by atoms with E-state index < -0.39 is 0 Å². The molecule has 0 radical (unpaired) electrons. The molecule has 0 spiro atoms. The second kappa shape index (κ2) is 6.52. The number of benzene rings is 1. The first-order chi connectivity index (χ1) is 10.3. The highest BCUT2D eigenvalue weighted by molar-refractivity contribution is 5.89. The standard InChI is InChI=1S/C16H20N4O/c21-14(11-10-12-6-4-5-7-12)17-16-18-15(19-20-16)13-8-2-1-3-9-13/h1-3,8-9,12H,4-7,10-11H2,(H2,17,18,19,20,21). The number of nitrogens with one attached hydrogen (secondary N) is 2. The van der Waals surface area contributed by atoms with E-state index in [9.17, 15) is 4.79 Å². The molecular weight excluding hydrogens is 264 g/mol. The van der Waals surface area contributed by atoms with Crippen LogP contribution in [0.1, 0.15) is 38.5 Å². The summed E-state index contributed by atoms with van der Waals surface area (Å²) >= 11 is 0. The number of carbonyl (C=O) groups excluding carboxylic acids is 1. The van der Waals surface area contributed by atoms with Gasteiger partial charge in [0.15, 0.2) is 5.82 Å². The number of rotatable bonds is 5. The molecule has 0 aliphatic heterocycles. The number of H-pyrrole nitrogens is 1. The molecule has 1 fully saturated rings. The molecule has 2 N–H and O–H groups in total. The number of nitrogens with zero attached hydrogens (tertiary/aromatic N) is 2. The molecule has 21 heavy (non-hydrogen) atoms. The van der Waals surface area contributed by atoms with Crippen molar-refractivity contribution in [1.29, 1.82) is 0 Å². The Labute approximate surface area is 124 Å². The van der Waals surface area contributed by atoms with E-state index in [0.29, 0.717) is 18.2 Å². The molecule has 1 aliphatic carbocycles. The monoisotopic (exact) mass is 284 g/mol. The Morgan fingerprint density at radius 3 is 2.76 bits per heavy atom. The van der Waals surface area contributed by atoms with Crippen LogP contribution in [0.25, 0.3) is 11.4 Å². The van der Waals surface area contributed by atoms with E-state index >= 15 is 0 Å². The molecule has 1 heterocycles. The normalized spacial score (nSPS) is 15.2. The second-order valence-corrected chi connectivity index (χ2v) is 5.61. The van der Waals surface area contributed by atoms with Gasteiger partial charge in [-0.2, -0.15) is 4.98 Å². The van der Waals surface area contributed by atoms with E-state index in [4.69, 9.17) is 0 Å². The van der Waals surface area contributed by atoms with E-state index in [2.05, 4.69) is 20.5 Å². The van der Waals surface area contributed by atoms with Crippen LogP contribution in [0.5, 0.6) is 0 Å². The molecule has 1 aromatic heterocycles. The quantitative estimate of drug-likeness (QED) is 0.884. The van der Waals surface area contributed by atoms with Gasteiger partial charge in [0.25, 0.3) is 0 Å². The first-order valence-electron chi connectivity index (χ1n) is 7.59. The Morgan fingerprint density at radius 1 is 1.24 bits per heavy atom. The zero-order valence-electron chi connectivity index (χ0n) is 12.0. The summed E-state index contributed by atoms with van der Waals surface area (Å²) in [5, 5.41) is 9.66.